The summed E-state index contributed by atoms with van der Waals surface area (Å²) in [5.74, 6) is 2.55. The number of piperazine rings is 1. The maximum absolute atomic E-state index is 10.4. The highest BCUT2D eigenvalue weighted by atomic mass is 32.1. The van der Waals surface area contributed by atoms with Gasteiger partial charge >= 0.3 is 0 Å². The van der Waals surface area contributed by atoms with Gasteiger partial charge in [-0.1, -0.05) is 0 Å². The fourth-order valence-electron chi connectivity index (χ4n) is 4.92. The molecule has 0 bridgehead atoms. The average molecular weight is 547 g/mol. The van der Waals surface area contributed by atoms with Gasteiger partial charge in [-0.05, 0) is 39.8 Å². The van der Waals surface area contributed by atoms with E-state index in [1.807, 2.05) is 18.3 Å². The molecule has 4 aromatic heterocycles. The molecule has 2 N–H and O–H groups in total. The predicted octanol–water partition coefficient (Wildman–Crippen LogP) is 4.16. The largest absolute Gasteiger partial charge is 0.386 e. The lowest BCUT2D eigenvalue weighted by atomic mass is 9.96. The molecular weight excluding hydrogens is 512 g/mol. The highest BCUT2D eigenvalue weighted by Crippen LogP contribution is 2.33. The first kappa shape index (κ1) is 26.0. The van der Waals surface area contributed by atoms with Gasteiger partial charge in [0.05, 0.1) is 21.5 Å². The molecule has 0 saturated carbocycles. The van der Waals surface area contributed by atoms with E-state index < -0.39 is 5.60 Å². The van der Waals surface area contributed by atoms with E-state index in [1.54, 1.807) is 37.6 Å². The highest BCUT2D eigenvalue weighted by Gasteiger charge is 2.23. The first-order valence-electron chi connectivity index (χ1n) is 13.4. The molecule has 2 saturated heterocycles. The Morgan fingerprint density at radius 1 is 0.974 bits per heavy atom. The van der Waals surface area contributed by atoms with E-state index in [1.165, 1.54) is 0 Å². The van der Waals surface area contributed by atoms with E-state index in [0.717, 1.165) is 96.0 Å². The summed E-state index contributed by atoms with van der Waals surface area (Å²) in [5, 5.41) is 14.7. The lowest BCUT2D eigenvalue weighted by Crippen LogP contribution is -2.45. The first-order chi connectivity index (χ1) is 18.8. The fraction of sp³-hybridized carbons (Fsp3) is 0.464. The summed E-state index contributed by atoms with van der Waals surface area (Å²) in [4.78, 5) is 28.3. The normalized spacial score (nSPS) is 17.6. The summed E-state index contributed by atoms with van der Waals surface area (Å²) < 4.78 is 6.58. The number of hydrogen-bond donors (Lipinski definition) is 2. The summed E-state index contributed by atoms with van der Waals surface area (Å²) in [7, 11) is 2.15. The van der Waals surface area contributed by atoms with E-state index in [2.05, 4.69) is 38.2 Å². The molecule has 10 nitrogen and oxygen atoms in total. The van der Waals surface area contributed by atoms with Gasteiger partial charge in [-0.15, -0.1) is 11.3 Å². The molecule has 4 aromatic rings. The van der Waals surface area contributed by atoms with E-state index in [9.17, 15) is 5.11 Å². The maximum atomic E-state index is 10.4. The number of rotatable bonds is 6. The van der Waals surface area contributed by atoms with Gasteiger partial charge in [0.25, 0.3) is 0 Å². The summed E-state index contributed by atoms with van der Waals surface area (Å²) in [6.45, 7) is 8.83. The summed E-state index contributed by atoms with van der Waals surface area (Å²) >= 11 is 1.56. The summed E-state index contributed by atoms with van der Waals surface area (Å²) in [5.41, 5.74) is 2.56. The van der Waals surface area contributed by atoms with Crippen LogP contribution >= 0.6 is 11.3 Å². The number of anilines is 3. The molecule has 2 aliphatic heterocycles. The molecule has 2 aliphatic rings. The van der Waals surface area contributed by atoms with Crippen LogP contribution in [0.25, 0.3) is 20.8 Å². The number of nitrogens with zero attached hydrogens (tertiary/aromatic N) is 7. The zero-order valence-electron chi connectivity index (χ0n) is 22.6. The first-order valence-corrected chi connectivity index (χ1v) is 14.3. The molecule has 11 heteroatoms. The summed E-state index contributed by atoms with van der Waals surface area (Å²) in [6, 6.07) is 5.95. The smallest absolute Gasteiger partial charge is 0.227 e. The minimum Gasteiger partial charge on any atom is -0.386 e. The Labute approximate surface area is 232 Å². The van der Waals surface area contributed by atoms with Gasteiger partial charge in [0.2, 0.25) is 5.95 Å². The van der Waals surface area contributed by atoms with Crippen LogP contribution in [0.3, 0.4) is 0 Å². The Morgan fingerprint density at radius 2 is 1.77 bits per heavy atom. The zero-order valence-corrected chi connectivity index (χ0v) is 23.4. The van der Waals surface area contributed by atoms with Crippen molar-refractivity contribution >= 4 is 39.1 Å². The van der Waals surface area contributed by atoms with Crippen LogP contribution < -0.4 is 10.2 Å². The van der Waals surface area contributed by atoms with Gasteiger partial charge < -0.3 is 25.0 Å². The molecule has 0 amide bonds. The third-order valence-electron chi connectivity index (χ3n) is 7.38. The van der Waals surface area contributed by atoms with E-state index in [-0.39, 0.29) is 0 Å². The van der Waals surface area contributed by atoms with Crippen LogP contribution in [-0.4, -0.2) is 81.4 Å². The number of aliphatic hydroxyl groups is 1. The van der Waals surface area contributed by atoms with Crippen LogP contribution in [0.1, 0.15) is 43.9 Å². The fourth-order valence-corrected chi connectivity index (χ4v) is 5.81. The lowest BCUT2D eigenvalue weighted by Gasteiger charge is -2.33. The Hall–Kier alpha value is -3.25. The molecule has 0 unspecified atom stereocenters. The maximum Gasteiger partial charge on any atom is 0.227 e. The Morgan fingerprint density at radius 3 is 2.54 bits per heavy atom. The average Bonchev–Trinajstić information content (AvgIpc) is 3.37. The van der Waals surface area contributed by atoms with Crippen molar-refractivity contribution in [3.8, 4) is 10.6 Å². The van der Waals surface area contributed by atoms with Crippen LogP contribution in [0.15, 0.2) is 36.8 Å². The monoisotopic (exact) mass is 546 g/mol. The Balaban J connectivity index is 1.29. The SMILES string of the molecule is CN1CCN(c2nc(Nc3cc4nc(-c5cncc(C(C)(C)O)c5)sc4cn3)cc(C3CCOCC3)n2)CC1. The topological polar surface area (TPSA) is 112 Å². The standard InChI is InChI=1S/C28H34N8O2S/c1-28(2,37)20-12-19(15-29-16-20)26-31-22-14-24(30-17-23(22)39-26)33-25-13-21(18-4-10-38-11-5-18)32-27(34-25)36-8-6-35(3)7-9-36/h12-18,37H,4-11H2,1-3H3,(H,30,32,33,34). The third kappa shape index (κ3) is 5.86. The Bertz CT molecular complexity index is 1460. The van der Waals surface area contributed by atoms with Gasteiger partial charge in [-0.2, -0.15) is 4.98 Å². The van der Waals surface area contributed by atoms with Gasteiger partial charge in [0.15, 0.2) is 0 Å². The van der Waals surface area contributed by atoms with Crippen LogP contribution in [0.4, 0.5) is 17.6 Å². The number of thiazole rings is 1. The van der Waals surface area contributed by atoms with Gasteiger partial charge in [0, 0.05) is 87.2 Å². The molecule has 204 valence electrons. The number of hydrogen-bond acceptors (Lipinski definition) is 11. The number of pyridine rings is 2. The minimum atomic E-state index is -0.970. The molecule has 0 spiro atoms. The van der Waals surface area contributed by atoms with Crippen molar-refractivity contribution in [1.29, 1.82) is 0 Å². The number of likely N-dealkylation sites (N-methyl/N-ethyl adjacent to an activating group) is 1. The Kier molecular flexibility index (Phi) is 7.15. The van der Waals surface area contributed by atoms with E-state index in [4.69, 9.17) is 19.7 Å². The molecular formula is C28H34N8O2S. The van der Waals surface area contributed by atoms with Gasteiger partial charge in [-0.3, -0.25) is 4.98 Å². The molecule has 0 radical (unpaired) electrons. The molecule has 6 rings (SSSR count). The molecule has 2 fully saturated rings. The minimum absolute atomic E-state index is 0.360. The van der Waals surface area contributed by atoms with Crippen molar-refractivity contribution in [3.05, 3.63) is 48.0 Å². The van der Waals surface area contributed by atoms with E-state index in [0.29, 0.717) is 11.7 Å². The van der Waals surface area contributed by atoms with Crippen molar-refractivity contribution in [2.24, 2.45) is 0 Å². The zero-order chi connectivity index (χ0) is 27.0. The second kappa shape index (κ2) is 10.7. The number of fused-ring (bicyclic) bond motifs is 1. The highest BCUT2D eigenvalue weighted by molar-refractivity contribution is 7.21. The number of aromatic nitrogens is 5. The molecule has 0 aliphatic carbocycles. The van der Waals surface area contributed by atoms with Crippen LogP contribution in [0, 0.1) is 0 Å². The molecule has 0 atom stereocenters. The number of ether oxygens (including phenoxy) is 1. The van der Waals surface area contributed by atoms with Crippen molar-refractivity contribution in [1.82, 2.24) is 29.8 Å². The lowest BCUT2D eigenvalue weighted by molar-refractivity contribution is 0.0783. The van der Waals surface area contributed by atoms with Crippen molar-refractivity contribution in [2.45, 2.75) is 38.2 Å². The molecule has 0 aromatic carbocycles. The van der Waals surface area contributed by atoms with Crippen molar-refractivity contribution < 1.29 is 9.84 Å². The molecule has 39 heavy (non-hydrogen) atoms. The quantitative estimate of drug-likeness (QED) is 0.366. The molecule has 6 heterocycles. The van der Waals surface area contributed by atoms with E-state index >= 15 is 0 Å². The second-order valence-corrected chi connectivity index (χ2v) is 11.9. The van der Waals surface area contributed by atoms with Crippen LogP contribution in [0.2, 0.25) is 0 Å². The van der Waals surface area contributed by atoms with Crippen LogP contribution in [0.5, 0.6) is 0 Å². The van der Waals surface area contributed by atoms with Crippen molar-refractivity contribution in [3.63, 3.8) is 0 Å². The summed E-state index contributed by atoms with van der Waals surface area (Å²) in [6.07, 6.45) is 7.24. The van der Waals surface area contributed by atoms with Crippen LogP contribution in [-0.2, 0) is 10.3 Å². The van der Waals surface area contributed by atoms with Crippen molar-refractivity contribution in [2.75, 3.05) is 56.7 Å². The third-order valence-corrected chi connectivity index (χ3v) is 8.44. The van der Waals surface area contributed by atoms with Gasteiger partial charge in [0.1, 0.15) is 16.6 Å². The number of nitrogens with one attached hydrogen (secondary N) is 1. The van der Waals surface area contributed by atoms with Gasteiger partial charge in [-0.25, -0.2) is 15.0 Å². The predicted molar refractivity (Wildman–Crippen MR) is 154 cm³/mol. The second-order valence-electron chi connectivity index (χ2n) is 10.9.